The summed E-state index contributed by atoms with van der Waals surface area (Å²) in [6.07, 6.45) is 0. The Morgan fingerprint density at radius 3 is 2.22 bits per heavy atom. The van der Waals surface area contributed by atoms with E-state index in [0.29, 0.717) is 53.8 Å². The van der Waals surface area contributed by atoms with E-state index in [1.807, 2.05) is 62.4 Å². The zero-order chi connectivity index (χ0) is 26.2. The van der Waals surface area contributed by atoms with Crippen LogP contribution < -0.4 is 14.2 Å². The fourth-order valence-electron chi connectivity index (χ4n) is 4.35. The Bertz CT molecular complexity index is 1320. The van der Waals surface area contributed by atoms with Crippen LogP contribution in [0.2, 0.25) is 0 Å². The highest BCUT2D eigenvalue weighted by Crippen LogP contribution is 2.37. The smallest absolute Gasteiger partial charge is 0.197 e. The van der Waals surface area contributed by atoms with Gasteiger partial charge in [-0.25, -0.2) is 0 Å². The number of furan rings is 1. The Labute approximate surface area is 218 Å². The van der Waals surface area contributed by atoms with Gasteiger partial charge >= 0.3 is 0 Å². The van der Waals surface area contributed by atoms with Gasteiger partial charge in [0, 0.05) is 23.1 Å². The van der Waals surface area contributed by atoms with E-state index in [9.17, 15) is 4.79 Å². The molecular formula is C31H35NO5. The maximum atomic E-state index is 13.9. The van der Waals surface area contributed by atoms with E-state index < -0.39 is 0 Å². The molecule has 0 radical (unpaired) electrons. The van der Waals surface area contributed by atoms with Crippen LogP contribution in [0.4, 0.5) is 0 Å². The first-order valence-corrected chi connectivity index (χ1v) is 13.0. The molecule has 0 unspecified atom stereocenters. The van der Waals surface area contributed by atoms with Gasteiger partial charge in [0.1, 0.15) is 23.7 Å². The molecule has 0 amide bonds. The molecule has 0 aliphatic carbocycles. The van der Waals surface area contributed by atoms with Gasteiger partial charge in [-0.15, -0.1) is 0 Å². The van der Waals surface area contributed by atoms with Crippen LogP contribution in [-0.2, 0) is 0 Å². The van der Waals surface area contributed by atoms with Gasteiger partial charge in [0.05, 0.1) is 18.8 Å². The lowest BCUT2D eigenvalue weighted by atomic mass is 9.97. The molecule has 1 heterocycles. The van der Waals surface area contributed by atoms with E-state index in [2.05, 4.69) is 18.7 Å². The fourth-order valence-corrected chi connectivity index (χ4v) is 4.35. The van der Waals surface area contributed by atoms with Gasteiger partial charge in [0.2, 0.25) is 0 Å². The third kappa shape index (κ3) is 5.97. The maximum absolute atomic E-state index is 13.9. The van der Waals surface area contributed by atoms with E-state index in [-0.39, 0.29) is 5.78 Å². The second-order valence-corrected chi connectivity index (χ2v) is 8.56. The van der Waals surface area contributed by atoms with Crippen molar-refractivity contribution in [3.8, 4) is 28.6 Å². The van der Waals surface area contributed by atoms with Crippen molar-refractivity contribution in [3.05, 3.63) is 77.9 Å². The van der Waals surface area contributed by atoms with E-state index in [0.717, 1.165) is 36.3 Å². The van der Waals surface area contributed by atoms with Crippen molar-refractivity contribution in [1.82, 2.24) is 4.90 Å². The summed E-state index contributed by atoms with van der Waals surface area (Å²) in [5.41, 5.74) is 2.51. The van der Waals surface area contributed by atoms with Gasteiger partial charge < -0.3 is 23.5 Å². The van der Waals surface area contributed by atoms with Crippen molar-refractivity contribution < 1.29 is 23.4 Å². The first kappa shape index (κ1) is 26.3. The Balaban J connectivity index is 1.66. The molecule has 0 N–H and O–H groups in total. The lowest BCUT2D eigenvalue weighted by Gasteiger charge is -2.18. The molecule has 0 bridgehead atoms. The molecule has 194 valence electrons. The van der Waals surface area contributed by atoms with Crippen LogP contribution in [0.1, 0.15) is 43.6 Å². The Morgan fingerprint density at radius 2 is 1.51 bits per heavy atom. The highest BCUT2D eigenvalue weighted by molar-refractivity contribution is 6.19. The maximum Gasteiger partial charge on any atom is 0.197 e. The SMILES string of the molecule is CCOc1ccc(C(=O)c2c(-c3ccc(OCCN(CC)CC)cc3)oc3ccccc23)cc1OCC. The van der Waals surface area contributed by atoms with Crippen molar-refractivity contribution in [2.45, 2.75) is 27.7 Å². The number of benzene rings is 3. The third-order valence-electron chi connectivity index (χ3n) is 6.32. The number of ketones is 1. The predicted molar refractivity (Wildman–Crippen MR) is 147 cm³/mol. The third-order valence-corrected chi connectivity index (χ3v) is 6.32. The van der Waals surface area contributed by atoms with Gasteiger partial charge in [-0.3, -0.25) is 4.79 Å². The number of nitrogens with zero attached hydrogens (tertiary/aromatic N) is 1. The molecule has 0 saturated heterocycles. The molecule has 4 aromatic rings. The van der Waals surface area contributed by atoms with Crippen molar-refractivity contribution in [2.75, 3.05) is 39.5 Å². The number of carbonyl (C=O) groups excluding carboxylic acids is 1. The zero-order valence-electron chi connectivity index (χ0n) is 22.1. The van der Waals surface area contributed by atoms with E-state index >= 15 is 0 Å². The Kier molecular flexibility index (Phi) is 8.86. The molecular weight excluding hydrogens is 466 g/mol. The van der Waals surface area contributed by atoms with Gasteiger partial charge in [0.15, 0.2) is 17.3 Å². The quantitative estimate of drug-likeness (QED) is 0.187. The van der Waals surface area contributed by atoms with E-state index in [4.69, 9.17) is 18.6 Å². The lowest BCUT2D eigenvalue weighted by molar-refractivity contribution is 0.103. The number of para-hydroxylation sites is 1. The van der Waals surface area contributed by atoms with E-state index in [1.54, 1.807) is 18.2 Å². The number of hydrogen-bond acceptors (Lipinski definition) is 6. The number of fused-ring (bicyclic) bond motifs is 1. The number of ether oxygens (including phenoxy) is 3. The average Bonchev–Trinajstić information content (AvgIpc) is 3.32. The van der Waals surface area contributed by atoms with Gasteiger partial charge in [-0.1, -0.05) is 32.0 Å². The highest BCUT2D eigenvalue weighted by Gasteiger charge is 2.24. The molecule has 4 rings (SSSR count). The summed E-state index contributed by atoms with van der Waals surface area (Å²) in [6, 6.07) is 20.6. The molecule has 6 heteroatoms. The molecule has 1 aromatic heterocycles. The minimum absolute atomic E-state index is 0.136. The van der Waals surface area contributed by atoms with Gasteiger partial charge in [-0.2, -0.15) is 0 Å². The fraction of sp³-hybridized carbons (Fsp3) is 0.323. The summed E-state index contributed by atoms with van der Waals surface area (Å²) < 4.78 is 23.6. The number of hydrogen-bond donors (Lipinski definition) is 0. The van der Waals surface area contributed by atoms with Crippen LogP contribution >= 0.6 is 0 Å². The van der Waals surface area contributed by atoms with Crippen LogP contribution in [0, 0.1) is 0 Å². The first-order chi connectivity index (χ1) is 18.1. The van der Waals surface area contributed by atoms with Crippen molar-refractivity contribution in [1.29, 1.82) is 0 Å². The topological polar surface area (TPSA) is 61.1 Å². The first-order valence-electron chi connectivity index (χ1n) is 13.0. The van der Waals surface area contributed by atoms with Crippen LogP contribution in [0.15, 0.2) is 71.1 Å². The summed E-state index contributed by atoms with van der Waals surface area (Å²) in [4.78, 5) is 16.2. The molecule has 0 atom stereocenters. The summed E-state index contributed by atoms with van der Waals surface area (Å²) >= 11 is 0. The zero-order valence-corrected chi connectivity index (χ0v) is 22.1. The molecule has 6 nitrogen and oxygen atoms in total. The Morgan fingerprint density at radius 1 is 0.811 bits per heavy atom. The van der Waals surface area contributed by atoms with Crippen molar-refractivity contribution in [3.63, 3.8) is 0 Å². The molecule has 0 aliphatic rings. The summed E-state index contributed by atoms with van der Waals surface area (Å²) in [7, 11) is 0. The number of carbonyl (C=O) groups is 1. The molecule has 0 spiro atoms. The average molecular weight is 502 g/mol. The molecule has 37 heavy (non-hydrogen) atoms. The normalized spacial score (nSPS) is 11.2. The van der Waals surface area contributed by atoms with Gasteiger partial charge in [0.25, 0.3) is 0 Å². The van der Waals surface area contributed by atoms with E-state index in [1.165, 1.54) is 0 Å². The van der Waals surface area contributed by atoms with Crippen molar-refractivity contribution >= 4 is 16.8 Å². The number of rotatable bonds is 13. The standard InChI is InChI=1S/C31H35NO5/c1-5-32(6-2)19-20-36-24-16-13-22(14-17-24)31-29(25-11-9-10-12-26(25)37-31)30(33)23-15-18-27(34-7-3)28(21-23)35-8-4/h9-18,21H,5-8,19-20H2,1-4H3. The van der Waals surface area contributed by atoms with Crippen LogP contribution in [0.5, 0.6) is 17.2 Å². The second kappa shape index (κ2) is 12.5. The monoisotopic (exact) mass is 501 g/mol. The predicted octanol–water partition coefficient (Wildman–Crippen LogP) is 6.85. The molecule has 3 aromatic carbocycles. The van der Waals surface area contributed by atoms with Crippen LogP contribution in [-0.4, -0.2) is 50.1 Å². The largest absolute Gasteiger partial charge is 0.492 e. The minimum Gasteiger partial charge on any atom is -0.492 e. The summed E-state index contributed by atoms with van der Waals surface area (Å²) in [5.74, 6) is 2.36. The molecule has 0 fully saturated rings. The van der Waals surface area contributed by atoms with Crippen LogP contribution in [0.25, 0.3) is 22.3 Å². The second-order valence-electron chi connectivity index (χ2n) is 8.56. The lowest BCUT2D eigenvalue weighted by Crippen LogP contribution is -2.27. The minimum atomic E-state index is -0.136. The van der Waals surface area contributed by atoms with Gasteiger partial charge in [-0.05, 0) is 75.5 Å². The summed E-state index contributed by atoms with van der Waals surface area (Å²) in [5, 5.41) is 0.772. The molecule has 0 aliphatic heterocycles. The summed E-state index contributed by atoms with van der Waals surface area (Å²) in [6.45, 7) is 12.6. The molecule has 0 saturated carbocycles. The highest BCUT2D eigenvalue weighted by atomic mass is 16.5. The number of likely N-dealkylation sites (N-methyl/N-ethyl adjacent to an activating group) is 1. The van der Waals surface area contributed by atoms with Crippen molar-refractivity contribution in [2.24, 2.45) is 0 Å². The van der Waals surface area contributed by atoms with Crippen LogP contribution in [0.3, 0.4) is 0 Å². The Hall–Kier alpha value is -3.77.